The molecule has 0 saturated heterocycles. The van der Waals surface area contributed by atoms with E-state index in [0.717, 1.165) is 59.8 Å². The monoisotopic (exact) mass is 632 g/mol. The van der Waals surface area contributed by atoms with Crippen LogP contribution in [0.4, 0.5) is 0 Å². The van der Waals surface area contributed by atoms with Crippen LogP contribution in [0.2, 0.25) is 0 Å². The Morgan fingerprint density at radius 3 is 1.72 bits per heavy atom. The number of rotatable bonds is 2. The van der Waals surface area contributed by atoms with Crippen molar-refractivity contribution in [3.63, 3.8) is 0 Å². The van der Waals surface area contributed by atoms with Gasteiger partial charge < -0.3 is 9.13 Å². The molecule has 1 aliphatic carbocycles. The molecule has 8 aromatic carbocycles. The molecule has 0 spiro atoms. The quantitative estimate of drug-likeness (QED) is 0.190. The van der Waals surface area contributed by atoms with E-state index < -0.39 is 0 Å². The zero-order valence-electron chi connectivity index (χ0n) is 26.6. The van der Waals surface area contributed by atoms with Gasteiger partial charge in [0.25, 0.3) is 0 Å². The third-order valence-electron chi connectivity index (χ3n) is 10.7. The Morgan fingerprint density at radius 1 is 0.380 bits per heavy atom. The minimum atomic E-state index is 0.499. The molecule has 228 valence electrons. The predicted octanol–water partition coefficient (Wildman–Crippen LogP) is 11.6. The van der Waals surface area contributed by atoms with E-state index >= 15 is 0 Å². The van der Waals surface area contributed by atoms with Gasteiger partial charge >= 0.3 is 0 Å². The van der Waals surface area contributed by atoms with E-state index in [9.17, 15) is 10.5 Å². The van der Waals surface area contributed by atoms with Crippen LogP contribution in [0.15, 0.2) is 146 Å². The van der Waals surface area contributed by atoms with Gasteiger partial charge in [-0.1, -0.05) is 109 Å². The van der Waals surface area contributed by atoms with Gasteiger partial charge in [0.1, 0.15) is 12.1 Å². The van der Waals surface area contributed by atoms with Crippen LogP contribution in [0.3, 0.4) is 0 Å². The lowest BCUT2D eigenvalue weighted by molar-refractivity contribution is 1.13. The third-order valence-corrected chi connectivity index (χ3v) is 10.7. The highest BCUT2D eigenvalue weighted by Gasteiger charge is 2.27. The van der Waals surface area contributed by atoms with E-state index in [1.165, 1.54) is 27.6 Å². The van der Waals surface area contributed by atoms with E-state index in [4.69, 9.17) is 0 Å². The molecule has 4 heteroatoms. The first-order valence-corrected chi connectivity index (χ1v) is 16.7. The second-order valence-electron chi connectivity index (χ2n) is 13.1. The largest absolute Gasteiger partial charge is 0.308 e. The molecule has 0 unspecified atom stereocenters. The summed E-state index contributed by atoms with van der Waals surface area (Å²) in [6.07, 6.45) is 0. The number of nitrogens with zero attached hydrogens (tertiary/aromatic N) is 4. The number of aromatic nitrogens is 2. The Kier molecular flexibility index (Phi) is 5.22. The molecule has 0 bridgehead atoms. The molecule has 0 radical (unpaired) electrons. The van der Waals surface area contributed by atoms with E-state index in [2.05, 4.69) is 143 Å². The van der Waals surface area contributed by atoms with Gasteiger partial charge in [0.15, 0.2) is 0 Å². The van der Waals surface area contributed by atoms with Crippen LogP contribution in [0.5, 0.6) is 0 Å². The van der Waals surface area contributed by atoms with Crippen LogP contribution >= 0.6 is 0 Å². The molecule has 0 saturated carbocycles. The number of hydrogen-bond donors (Lipinski definition) is 0. The summed E-state index contributed by atoms with van der Waals surface area (Å²) in [6.45, 7) is 0. The zero-order valence-corrected chi connectivity index (χ0v) is 26.6. The van der Waals surface area contributed by atoms with Gasteiger partial charge in [0.2, 0.25) is 0 Å². The SMILES string of the molecule is N#Cc1cc(-n2c3ccccc3c3cc4c5c(cccc5c32)-c2ccccc2-4)c(C#N)cc1-n1c2ccccc2c2c3ccccc3ccc21. The fourth-order valence-corrected chi connectivity index (χ4v) is 8.70. The van der Waals surface area contributed by atoms with Crippen molar-refractivity contribution in [2.75, 3.05) is 0 Å². The molecule has 10 aromatic rings. The maximum Gasteiger partial charge on any atom is 0.101 e. The number of hydrogen-bond acceptors (Lipinski definition) is 2. The maximum atomic E-state index is 10.9. The average Bonchev–Trinajstić information content (AvgIpc) is 3.81. The fraction of sp³-hybridized carbons (Fsp3) is 0. The predicted molar refractivity (Wildman–Crippen MR) is 204 cm³/mol. The van der Waals surface area contributed by atoms with Crippen molar-refractivity contribution < 1.29 is 0 Å². The Balaban J connectivity index is 1.26. The first-order valence-electron chi connectivity index (χ1n) is 16.7. The van der Waals surface area contributed by atoms with Crippen molar-refractivity contribution in [1.29, 1.82) is 10.5 Å². The van der Waals surface area contributed by atoms with Gasteiger partial charge in [0, 0.05) is 26.9 Å². The summed E-state index contributed by atoms with van der Waals surface area (Å²) in [5, 5.41) is 30.9. The van der Waals surface area contributed by atoms with Crippen LogP contribution in [0.25, 0.3) is 98.8 Å². The highest BCUT2D eigenvalue weighted by molar-refractivity contribution is 6.28. The van der Waals surface area contributed by atoms with Crippen molar-refractivity contribution in [1.82, 2.24) is 9.13 Å². The zero-order chi connectivity index (χ0) is 33.1. The van der Waals surface area contributed by atoms with E-state index in [-0.39, 0.29) is 0 Å². The molecule has 50 heavy (non-hydrogen) atoms. The lowest BCUT2D eigenvalue weighted by atomic mass is 9.99. The van der Waals surface area contributed by atoms with Crippen LogP contribution in [0, 0.1) is 22.7 Å². The molecule has 2 heterocycles. The standard InChI is InChI=1S/C46H24N4/c47-25-28-23-43(29(26-48)22-42(28)49-40-19-8-6-15-35(40)45-30-11-2-1-10-27(30)20-21-41(45)49)50-39-18-7-5-14-33(39)38-24-37-32-13-4-3-12-31(32)34-16-9-17-36(44(34)37)46(38)50/h1-24H. The molecule has 0 N–H and O–H groups in total. The normalized spacial score (nSPS) is 12.0. The summed E-state index contributed by atoms with van der Waals surface area (Å²) < 4.78 is 4.36. The first kappa shape index (κ1) is 26.9. The highest BCUT2D eigenvalue weighted by atomic mass is 15.0. The smallest absolute Gasteiger partial charge is 0.101 e. The van der Waals surface area contributed by atoms with Crippen LogP contribution in [0.1, 0.15) is 11.1 Å². The Hall–Kier alpha value is -7.14. The van der Waals surface area contributed by atoms with Crippen molar-refractivity contribution in [2.45, 2.75) is 0 Å². The van der Waals surface area contributed by atoms with Crippen LogP contribution < -0.4 is 0 Å². The van der Waals surface area contributed by atoms with Crippen molar-refractivity contribution in [3.8, 4) is 45.8 Å². The maximum absolute atomic E-state index is 10.9. The molecule has 0 fully saturated rings. The molecule has 11 rings (SSSR count). The highest BCUT2D eigenvalue weighted by Crippen LogP contribution is 2.51. The Labute approximate surface area is 286 Å². The molecule has 0 amide bonds. The molecular weight excluding hydrogens is 609 g/mol. The number of nitriles is 2. The molecule has 0 aliphatic heterocycles. The number of para-hydroxylation sites is 2. The van der Waals surface area contributed by atoms with Crippen LogP contribution in [-0.2, 0) is 0 Å². The van der Waals surface area contributed by atoms with Gasteiger partial charge in [-0.05, 0) is 74.8 Å². The topological polar surface area (TPSA) is 57.4 Å². The molecule has 2 aromatic heterocycles. The second-order valence-corrected chi connectivity index (χ2v) is 13.1. The minimum Gasteiger partial charge on any atom is -0.308 e. The van der Waals surface area contributed by atoms with Gasteiger partial charge in [-0.2, -0.15) is 10.5 Å². The molecular formula is C46H24N4. The van der Waals surface area contributed by atoms with Gasteiger partial charge in [-0.25, -0.2) is 0 Å². The van der Waals surface area contributed by atoms with E-state index in [1.807, 2.05) is 24.3 Å². The van der Waals surface area contributed by atoms with Crippen molar-refractivity contribution in [2.24, 2.45) is 0 Å². The summed E-state index contributed by atoms with van der Waals surface area (Å²) >= 11 is 0. The third kappa shape index (κ3) is 3.32. The minimum absolute atomic E-state index is 0.499. The van der Waals surface area contributed by atoms with Crippen LogP contribution in [-0.4, -0.2) is 9.13 Å². The average molecular weight is 633 g/mol. The summed E-state index contributed by atoms with van der Waals surface area (Å²) in [6, 6.07) is 55.8. The lowest BCUT2D eigenvalue weighted by Gasteiger charge is -2.16. The van der Waals surface area contributed by atoms with E-state index in [0.29, 0.717) is 22.5 Å². The summed E-state index contributed by atoms with van der Waals surface area (Å²) in [4.78, 5) is 0. The Bertz CT molecular complexity index is 3230. The van der Waals surface area contributed by atoms with Crippen molar-refractivity contribution in [3.05, 3.63) is 157 Å². The van der Waals surface area contributed by atoms with Crippen molar-refractivity contribution >= 4 is 65.2 Å². The molecule has 0 atom stereocenters. The Morgan fingerprint density at radius 2 is 0.960 bits per heavy atom. The number of benzene rings is 8. The van der Waals surface area contributed by atoms with E-state index in [1.54, 1.807) is 0 Å². The van der Waals surface area contributed by atoms with Gasteiger partial charge in [0.05, 0.1) is 44.6 Å². The van der Waals surface area contributed by atoms with Gasteiger partial charge in [-0.15, -0.1) is 0 Å². The fourth-order valence-electron chi connectivity index (χ4n) is 8.70. The lowest BCUT2D eigenvalue weighted by Crippen LogP contribution is -2.04. The molecule has 1 aliphatic rings. The summed E-state index contributed by atoms with van der Waals surface area (Å²) in [5.41, 5.74) is 11.3. The number of fused-ring (bicyclic) bond motifs is 12. The molecule has 4 nitrogen and oxygen atoms in total. The second kappa shape index (κ2) is 9.70. The summed E-state index contributed by atoms with van der Waals surface area (Å²) in [7, 11) is 0. The van der Waals surface area contributed by atoms with Gasteiger partial charge in [-0.3, -0.25) is 0 Å². The first-order chi connectivity index (χ1) is 24.7. The summed E-state index contributed by atoms with van der Waals surface area (Å²) in [5.74, 6) is 0.